The zero-order valence-electron chi connectivity index (χ0n) is 8.33. The van der Waals surface area contributed by atoms with Gasteiger partial charge < -0.3 is 4.74 Å². The highest BCUT2D eigenvalue weighted by molar-refractivity contribution is 9.10. The third kappa shape index (κ3) is 1.90. The number of halogens is 2. The van der Waals surface area contributed by atoms with Crippen molar-refractivity contribution < 1.29 is 9.53 Å². The van der Waals surface area contributed by atoms with Crippen molar-refractivity contribution in [1.29, 1.82) is 0 Å². The molecule has 0 fully saturated rings. The summed E-state index contributed by atoms with van der Waals surface area (Å²) < 4.78 is 5.96. The van der Waals surface area contributed by atoms with Crippen LogP contribution in [0.2, 0.25) is 5.15 Å². The van der Waals surface area contributed by atoms with Crippen LogP contribution in [0, 0.1) is 0 Å². The van der Waals surface area contributed by atoms with E-state index in [0.717, 1.165) is 9.86 Å². The molecule has 0 radical (unpaired) electrons. The van der Waals surface area contributed by atoms with E-state index in [-0.39, 0.29) is 5.15 Å². The van der Waals surface area contributed by atoms with E-state index in [4.69, 9.17) is 16.3 Å². The minimum Gasteiger partial charge on any atom is -0.496 e. The number of fused-ring (bicyclic) bond motifs is 1. The molecule has 0 spiro atoms. The van der Waals surface area contributed by atoms with Crippen LogP contribution in [0.3, 0.4) is 0 Å². The Hall–Kier alpha value is -1.13. The van der Waals surface area contributed by atoms with Gasteiger partial charge in [0.25, 0.3) is 0 Å². The van der Waals surface area contributed by atoms with Crippen LogP contribution in [0.25, 0.3) is 10.9 Å². The van der Waals surface area contributed by atoms with Gasteiger partial charge in [-0.25, -0.2) is 4.98 Å². The van der Waals surface area contributed by atoms with E-state index in [1.165, 1.54) is 0 Å². The maximum absolute atomic E-state index is 10.7. The molecule has 3 nitrogen and oxygen atoms in total. The fraction of sp³-hybridized carbons (Fsp3) is 0.0909. The second-order valence-electron chi connectivity index (χ2n) is 3.17. The molecule has 0 amide bonds. The Morgan fingerprint density at radius 2 is 2.19 bits per heavy atom. The Morgan fingerprint density at radius 3 is 2.81 bits per heavy atom. The zero-order chi connectivity index (χ0) is 11.7. The Kier molecular flexibility index (Phi) is 3.12. The monoisotopic (exact) mass is 299 g/mol. The molecule has 1 aromatic heterocycles. The lowest BCUT2D eigenvalue weighted by molar-refractivity contribution is 0.112. The first kappa shape index (κ1) is 11.4. The topological polar surface area (TPSA) is 39.2 Å². The molecule has 2 aromatic rings. The number of aromatic nitrogens is 1. The Morgan fingerprint density at radius 1 is 1.44 bits per heavy atom. The van der Waals surface area contributed by atoms with E-state index in [0.29, 0.717) is 23.1 Å². The maximum Gasteiger partial charge on any atom is 0.153 e. The summed E-state index contributed by atoms with van der Waals surface area (Å²) in [6, 6.07) is 5.29. The minimum absolute atomic E-state index is 0.208. The van der Waals surface area contributed by atoms with Gasteiger partial charge in [-0.15, -0.1) is 0 Å². The lowest BCUT2D eigenvalue weighted by atomic mass is 10.1. The van der Waals surface area contributed by atoms with Crippen molar-refractivity contribution in [3.05, 3.63) is 33.4 Å². The summed E-state index contributed by atoms with van der Waals surface area (Å²) in [5.41, 5.74) is 1.09. The van der Waals surface area contributed by atoms with Gasteiger partial charge in [0.05, 0.1) is 22.7 Å². The summed E-state index contributed by atoms with van der Waals surface area (Å²) in [6.45, 7) is 0. The number of rotatable bonds is 2. The van der Waals surface area contributed by atoms with Gasteiger partial charge in [0.2, 0.25) is 0 Å². The molecule has 0 saturated carbocycles. The fourth-order valence-electron chi connectivity index (χ4n) is 1.41. The average molecular weight is 301 g/mol. The van der Waals surface area contributed by atoms with Crippen LogP contribution in [0.4, 0.5) is 0 Å². The Labute approximate surface area is 106 Å². The van der Waals surface area contributed by atoms with Crippen LogP contribution in [-0.4, -0.2) is 18.4 Å². The first-order valence-electron chi connectivity index (χ1n) is 4.44. The smallest absolute Gasteiger partial charge is 0.153 e. The molecule has 1 heterocycles. The van der Waals surface area contributed by atoms with Crippen LogP contribution in [0.15, 0.2) is 22.7 Å². The maximum atomic E-state index is 10.7. The highest BCUT2D eigenvalue weighted by atomic mass is 79.9. The number of pyridine rings is 1. The summed E-state index contributed by atoms with van der Waals surface area (Å²) in [7, 11) is 1.58. The largest absolute Gasteiger partial charge is 0.496 e. The van der Waals surface area contributed by atoms with Crippen LogP contribution in [0.5, 0.6) is 5.75 Å². The van der Waals surface area contributed by atoms with Crippen molar-refractivity contribution in [2.75, 3.05) is 7.11 Å². The lowest BCUT2D eigenvalue weighted by Gasteiger charge is -2.06. The lowest BCUT2D eigenvalue weighted by Crippen LogP contribution is -1.90. The molecule has 0 aliphatic rings. The highest BCUT2D eigenvalue weighted by Gasteiger charge is 2.07. The third-order valence-electron chi connectivity index (χ3n) is 2.20. The third-order valence-corrected chi connectivity index (χ3v) is 3.12. The molecule has 2 rings (SSSR count). The van der Waals surface area contributed by atoms with Gasteiger partial charge in [0.1, 0.15) is 10.9 Å². The molecule has 5 heteroatoms. The number of carbonyl (C=O) groups excluding carboxylic acids is 1. The van der Waals surface area contributed by atoms with Crippen molar-refractivity contribution in [2.45, 2.75) is 0 Å². The van der Waals surface area contributed by atoms with Gasteiger partial charge in [0, 0.05) is 5.39 Å². The standard InChI is InChI=1S/C11H7BrClNO2/c1-16-10-3-6-2-7(5-15)11(13)14-9(6)4-8(10)12/h2-5H,1H3. The van der Waals surface area contributed by atoms with E-state index in [9.17, 15) is 4.79 Å². The molecule has 0 aliphatic heterocycles. The van der Waals surface area contributed by atoms with Crippen LogP contribution in [0.1, 0.15) is 10.4 Å². The Balaban J connectivity index is 2.76. The zero-order valence-corrected chi connectivity index (χ0v) is 10.7. The van der Waals surface area contributed by atoms with E-state index in [2.05, 4.69) is 20.9 Å². The Bertz CT molecular complexity index is 571. The predicted octanol–water partition coefficient (Wildman–Crippen LogP) is 3.47. The minimum atomic E-state index is 0.208. The number of carbonyl (C=O) groups is 1. The normalized spacial score (nSPS) is 10.4. The second-order valence-corrected chi connectivity index (χ2v) is 4.38. The molecule has 82 valence electrons. The molecular formula is C11H7BrClNO2. The predicted molar refractivity (Wildman–Crippen MR) is 66.4 cm³/mol. The van der Waals surface area contributed by atoms with Crippen molar-refractivity contribution in [2.24, 2.45) is 0 Å². The number of hydrogen-bond donors (Lipinski definition) is 0. The SMILES string of the molecule is COc1cc2cc(C=O)c(Cl)nc2cc1Br. The first-order chi connectivity index (χ1) is 7.65. The van der Waals surface area contributed by atoms with Crippen molar-refractivity contribution in [3.8, 4) is 5.75 Å². The molecule has 0 saturated heterocycles. The molecule has 1 aromatic carbocycles. The summed E-state index contributed by atoms with van der Waals surface area (Å²) in [5, 5.41) is 1.02. The molecule has 0 unspecified atom stereocenters. The number of nitrogens with zero attached hydrogens (tertiary/aromatic N) is 1. The van der Waals surface area contributed by atoms with E-state index in [1.807, 2.05) is 0 Å². The van der Waals surface area contributed by atoms with Gasteiger partial charge in [-0.1, -0.05) is 11.6 Å². The van der Waals surface area contributed by atoms with E-state index >= 15 is 0 Å². The van der Waals surface area contributed by atoms with E-state index < -0.39 is 0 Å². The second kappa shape index (κ2) is 4.39. The van der Waals surface area contributed by atoms with Crippen molar-refractivity contribution in [1.82, 2.24) is 4.98 Å². The summed E-state index contributed by atoms with van der Waals surface area (Å²) in [5.74, 6) is 0.688. The van der Waals surface area contributed by atoms with Crippen LogP contribution < -0.4 is 4.74 Å². The van der Waals surface area contributed by atoms with E-state index in [1.54, 1.807) is 25.3 Å². The number of hydrogen-bond acceptors (Lipinski definition) is 3. The summed E-state index contributed by atoms with van der Waals surface area (Å²) in [4.78, 5) is 14.9. The van der Waals surface area contributed by atoms with Gasteiger partial charge in [-0.3, -0.25) is 4.79 Å². The first-order valence-corrected chi connectivity index (χ1v) is 5.61. The molecular weight excluding hydrogens is 293 g/mol. The van der Waals surface area contributed by atoms with Crippen LogP contribution in [-0.2, 0) is 0 Å². The number of benzene rings is 1. The van der Waals surface area contributed by atoms with Crippen molar-refractivity contribution in [3.63, 3.8) is 0 Å². The number of ether oxygens (including phenoxy) is 1. The molecule has 0 bridgehead atoms. The quantitative estimate of drug-likeness (QED) is 0.630. The van der Waals surface area contributed by atoms with Gasteiger partial charge in [-0.05, 0) is 34.1 Å². The molecule has 0 aliphatic carbocycles. The molecule has 0 N–H and O–H groups in total. The number of aldehydes is 1. The van der Waals surface area contributed by atoms with Crippen LogP contribution >= 0.6 is 27.5 Å². The van der Waals surface area contributed by atoms with Gasteiger partial charge in [-0.2, -0.15) is 0 Å². The molecule has 16 heavy (non-hydrogen) atoms. The highest BCUT2D eigenvalue weighted by Crippen LogP contribution is 2.30. The van der Waals surface area contributed by atoms with Gasteiger partial charge >= 0.3 is 0 Å². The number of methoxy groups -OCH3 is 1. The fourth-order valence-corrected chi connectivity index (χ4v) is 2.09. The van der Waals surface area contributed by atoms with Gasteiger partial charge in [0.15, 0.2) is 6.29 Å². The summed E-state index contributed by atoms with van der Waals surface area (Å²) in [6.07, 6.45) is 0.684. The average Bonchev–Trinajstić information content (AvgIpc) is 2.27. The molecule has 0 atom stereocenters. The van der Waals surface area contributed by atoms with Crippen molar-refractivity contribution >= 4 is 44.7 Å². The summed E-state index contributed by atoms with van der Waals surface area (Å²) >= 11 is 9.20.